The van der Waals surface area contributed by atoms with Gasteiger partial charge in [-0.3, -0.25) is 4.48 Å². The van der Waals surface area contributed by atoms with Crippen LogP contribution in [0.2, 0.25) is 0 Å². The van der Waals surface area contributed by atoms with E-state index in [0.717, 1.165) is 45.1 Å². The van der Waals surface area contributed by atoms with E-state index in [1.165, 1.54) is 0 Å². The van der Waals surface area contributed by atoms with Crippen molar-refractivity contribution in [2.45, 2.75) is 50.4 Å². The smallest absolute Gasteiger partial charge is 0.347 e. The lowest BCUT2D eigenvalue weighted by Gasteiger charge is -2.36. The number of halogens is 1. The van der Waals surface area contributed by atoms with Gasteiger partial charge in [-0.1, -0.05) is 43.2 Å². The van der Waals surface area contributed by atoms with E-state index in [9.17, 15) is 9.90 Å². The van der Waals surface area contributed by atoms with Crippen molar-refractivity contribution in [3.63, 3.8) is 0 Å². The second kappa shape index (κ2) is 8.49. The Morgan fingerprint density at radius 2 is 1.72 bits per heavy atom. The number of hydrogen-bond acceptors (Lipinski definition) is 3. The zero-order valence-corrected chi connectivity index (χ0v) is 15.8. The standard InChI is InChI=1S/C19H28NO3.ClH.H2O/c1-20(2)14-8-13-17(20)23-18(21)19(22,16-11-6-7-12-16)15-9-4-3-5-10-15;;/h3-5,9-10,16-17,22H,6-8,11-14H2,1-2H3;1H;1H2/q+1;;/p-1/t17-,19+;;/m0../s1. The van der Waals surface area contributed by atoms with Crippen LogP contribution < -0.4 is 12.4 Å². The number of esters is 1. The second-order valence-corrected chi connectivity index (χ2v) is 7.62. The molecular formula is C19H30ClNO4. The Labute approximate surface area is 156 Å². The monoisotopic (exact) mass is 371 g/mol. The number of ether oxygens (including phenoxy) is 1. The predicted molar refractivity (Wildman–Crippen MR) is 92.0 cm³/mol. The topological polar surface area (TPSA) is 78.0 Å². The molecular weight excluding hydrogens is 342 g/mol. The van der Waals surface area contributed by atoms with Crippen molar-refractivity contribution >= 4 is 5.97 Å². The Hall–Kier alpha value is -1.14. The zero-order valence-electron chi connectivity index (χ0n) is 15.1. The molecule has 0 aromatic heterocycles. The first kappa shape index (κ1) is 21.9. The molecule has 6 heteroatoms. The van der Waals surface area contributed by atoms with E-state index >= 15 is 0 Å². The lowest BCUT2D eigenvalue weighted by Crippen LogP contribution is -3.00. The molecule has 1 aromatic rings. The van der Waals surface area contributed by atoms with Gasteiger partial charge in [0.15, 0.2) is 5.60 Å². The van der Waals surface area contributed by atoms with Crippen LogP contribution in [0.4, 0.5) is 0 Å². The summed E-state index contributed by atoms with van der Waals surface area (Å²) in [6.45, 7) is 1.01. The minimum atomic E-state index is -1.51. The van der Waals surface area contributed by atoms with Gasteiger partial charge in [0, 0.05) is 18.8 Å². The van der Waals surface area contributed by atoms with Crippen molar-refractivity contribution < 1.29 is 37.0 Å². The molecule has 0 radical (unpaired) electrons. The van der Waals surface area contributed by atoms with Gasteiger partial charge in [-0.25, -0.2) is 4.79 Å². The molecule has 1 saturated heterocycles. The number of benzene rings is 1. The van der Waals surface area contributed by atoms with Gasteiger partial charge in [-0.2, -0.15) is 0 Å². The summed E-state index contributed by atoms with van der Waals surface area (Å²) in [7, 11) is 4.17. The van der Waals surface area contributed by atoms with Crippen LogP contribution in [0.1, 0.15) is 44.1 Å². The van der Waals surface area contributed by atoms with Crippen molar-refractivity contribution in [2.24, 2.45) is 5.92 Å². The number of carbonyl (C=O) groups excluding carboxylic acids is 1. The lowest BCUT2D eigenvalue weighted by atomic mass is 9.80. The number of hydrogen-bond donors (Lipinski definition) is 1. The third-order valence-corrected chi connectivity index (χ3v) is 5.68. The van der Waals surface area contributed by atoms with Gasteiger partial charge >= 0.3 is 5.97 Å². The van der Waals surface area contributed by atoms with Crippen LogP contribution >= 0.6 is 0 Å². The van der Waals surface area contributed by atoms with Crippen LogP contribution in [-0.4, -0.2) is 47.9 Å². The summed E-state index contributed by atoms with van der Waals surface area (Å²) in [5, 5.41) is 11.4. The minimum absolute atomic E-state index is 0. The summed E-state index contributed by atoms with van der Waals surface area (Å²) >= 11 is 0. The average molecular weight is 372 g/mol. The number of rotatable bonds is 4. The highest BCUT2D eigenvalue weighted by Gasteiger charge is 2.50. The van der Waals surface area contributed by atoms with Gasteiger partial charge in [0.2, 0.25) is 6.23 Å². The van der Waals surface area contributed by atoms with Crippen molar-refractivity contribution in [1.82, 2.24) is 0 Å². The van der Waals surface area contributed by atoms with E-state index in [4.69, 9.17) is 4.74 Å². The molecule has 2 fully saturated rings. The third-order valence-electron chi connectivity index (χ3n) is 5.68. The molecule has 1 aromatic carbocycles. The van der Waals surface area contributed by atoms with Gasteiger partial charge in [0.05, 0.1) is 20.6 Å². The molecule has 1 aliphatic heterocycles. The largest absolute Gasteiger partial charge is 1.00 e. The van der Waals surface area contributed by atoms with Crippen LogP contribution in [-0.2, 0) is 15.1 Å². The van der Waals surface area contributed by atoms with E-state index in [-0.39, 0.29) is 30.0 Å². The second-order valence-electron chi connectivity index (χ2n) is 7.62. The number of nitrogens with zero attached hydrogens (tertiary/aromatic N) is 1. The van der Waals surface area contributed by atoms with E-state index in [1.807, 2.05) is 30.3 Å². The summed E-state index contributed by atoms with van der Waals surface area (Å²) in [4.78, 5) is 13.0. The fourth-order valence-corrected chi connectivity index (χ4v) is 4.14. The van der Waals surface area contributed by atoms with Crippen molar-refractivity contribution in [1.29, 1.82) is 0 Å². The van der Waals surface area contributed by atoms with Gasteiger partial charge in [-0.05, 0) is 18.4 Å². The number of likely N-dealkylation sites (tertiary alicyclic amines) is 1. The molecule has 142 valence electrons. The first-order chi connectivity index (χ1) is 10.9. The Balaban J connectivity index is 0.00000156. The predicted octanol–water partition coefficient (Wildman–Crippen LogP) is -1.02. The van der Waals surface area contributed by atoms with E-state index < -0.39 is 11.6 Å². The van der Waals surface area contributed by atoms with Gasteiger partial charge in [0.1, 0.15) is 0 Å². The molecule has 0 spiro atoms. The molecule has 25 heavy (non-hydrogen) atoms. The molecule has 1 heterocycles. The third kappa shape index (κ3) is 4.17. The molecule has 3 N–H and O–H groups in total. The SMILES string of the molecule is C[N+]1(C)CCC[C@@H]1OC(=O)[C@@](O)(c1ccccc1)C1CCCC1.O.[Cl-]. The maximum absolute atomic E-state index is 13.0. The van der Waals surface area contributed by atoms with Crippen molar-refractivity contribution in [3.8, 4) is 0 Å². The fourth-order valence-electron chi connectivity index (χ4n) is 4.14. The highest BCUT2D eigenvalue weighted by Crippen LogP contribution is 2.42. The van der Waals surface area contributed by atoms with Crippen molar-refractivity contribution in [3.05, 3.63) is 35.9 Å². The highest BCUT2D eigenvalue weighted by molar-refractivity contribution is 5.81. The molecule has 0 bridgehead atoms. The molecule has 1 saturated carbocycles. The van der Waals surface area contributed by atoms with E-state index in [0.29, 0.717) is 10.0 Å². The maximum atomic E-state index is 13.0. The summed E-state index contributed by atoms with van der Waals surface area (Å²) in [5.74, 6) is -0.511. The lowest BCUT2D eigenvalue weighted by molar-refractivity contribution is -0.921. The number of quaternary nitrogens is 1. The van der Waals surface area contributed by atoms with Crippen LogP contribution in [0, 0.1) is 5.92 Å². The molecule has 2 atom stereocenters. The Bertz CT molecular complexity index is 560. The maximum Gasteiger partial charge on any atom is 0.347 e. The normalized spacial score (nSPS) is 24.7. The van der Waals surface area contributed by atoms with Crippen LogP contribution in [0.25, 0.3) is 0 Å². The molecule has 1 aliphatic carbocycles. The van der Waals surface area contributed by atoms with Crippen LogP contribution in [0.15, 0.2) is 30.3 Å². The van der Waals surface area contributed by atoms with Crippen LogP contribution in [0.3, 0.4) is 0 Å². The Kier molecular flexibility index (Phi) is 7.44. The number of aliphatic hydroxyl groups is 1. The first-order valence-corrected chi connectivity index (χ1v) is 8.76. The molecule has 0 unspecified atom stereocenters. The summed E-state index contributed by atoms with van der Waals surface area (Å²) in [6.07, 6.45) is 5.66. The molecule has 2 aliphatic rings. The first-order valence-electron chi connectivity index (χ1n) is 8.76. The van der Waals surface area contributed by atoms with Gasteiger partial charge in [-0.15, -0.1) is 0 Å². The Morgan fingerprint density at radius 1 is 1.12 bits per heavy atom. The number of carbonyl (C=O) groups is 1. The summed E-state index contributed by atoms with van der Waals surface area (Å²) in [6, 6.07) is 9.33. The Morgan fingerprint density at radius 3 is 2.24 bits per heavy atom. The van der Waals surface area contributed by atoms with E-state index in [1.54, 1.807) is 0 Å². The van der Waals surface area contributed by atoms with Crippen molar-refractivity contribution in [2.75, 3.05) is 20.6 Å². The molecule has 0 amide bonds. The molecule has 5 nitrogen and oxygen atoms in total. The highest BCUT2D eigenvalue weighted by atomic mass is 35.5. The fraction of sp³-hybridized carbons (Fsp3) is 0.632. The van der Waals surface area contributed by atoms with E-state index in [2.05, 4.69) is 14.1 Å². The zero-order chi connectivity index (χ0) is 16.5. The quantitative estimate of drug-likeness (QED) is 0.544. The minimum Gasteiger partial charge on any atom is -1.00 e. The molecule has 3 rings (SSSR count). The summed E-state index contributed by atoms with van der Waals surface area (Å²) in [5.41, 5.74) is -0.847. The van der Waals surface area contributed by atoms with Gasteiger partial charge < -0.3 is 27.7 Å². The average Bonchev–Trinajstić information content (AvgIpc) is 3.18. The van der Waals surface area contributed by atoms with Crippen LogP contribution in [0.5, 0.6) is 0 Å². The summed E-state index contributed by atoms with van der Waals surface area (Å²) < 4.78 is 6.52. The van der Waals surface area contributed by atoms with Gasteiger partial charge in [0.25, 0.3) is 0 Å².